The van der Waals surface area contributed by atoms with Gasteiger partial charge in [0.25, 0.3) is 17.7 Å². The summed E-state index contributed by atoms with van der Waals surface area (Å²) in [6.45, 7) is 17.7. The van der Waals surface area contributed by atoms with Gasteiger partial charge in [0.05, 0.1) is 142 Å². The third-order valence-electron chi connectivity index (χ3n) is 24.0. The number of Topliss-reactive ketones (excluding diaryl/α,β-unsaturated/α-hetero) is 3. The number of methoxy groups -OCH3 is 2. The number of benzene rings is 2. The molecule has 3 amide bonds. The number of esters is 1. The Morgan fingerprint density at radius 2 is 1.38 bits per heavy atom. The Balaban J connectivity index is 0.548. The van der Waals surface area contributed by atoms with Crippen molar-refractivity contribution in [2.24, 2.45) is 35.3 Å². The highest BCUT2D eigenvalue weighted by Gasteiger charge is 2.53. The highest BCUT2D eigenvalue weighted by Crippen LogP contribution is 2.39. The van der Waals surface area contributed by atoms with Crippen molar-refractivity contribution in [3.05, 3.63) is 107 Å². The number of nitrogens with two attached hydrogens (primary N) is 3. The van der Waals surface area contributed by atoms with E-state index in [-0.39, 0.29) is 81.3 Å². The van der Waals surface area contributed by atoms with Crippen molar-refractivity contribution in [1.82, 2.24) is 39.8 Å². The minimum Gasteiger partial charge on any atom is -0.459 e. The quantitative estimate of drug-likeness (QED) is 0.00900. The van der Waals surface area contributed by atoms with Crippen molar-refractivity contribution in [2.75, 3.05) is 151 Å². The maximum atomic E-state index is 14.7. The van der Waals surface area contributed by atoms with Crippen LogP contribution in [0.2, 0.25) is 0 Å². The number of fused-ring (bicyclic) bond motifs is 6. The van der Waals surface area contributed by atoms with Gasteiger partial charge in [-0.1, -0.05) is 82.4 Å². The highest BCUT2D eigenvalue weighted by atomic mass is 16.6. The van der Waals surface area contributed by atoms with E-state index >= 15 is 0 Å². The molecule has 15 atom stereocenters. The molecule has 5 aliphatic rings. The van der Waals surface area contributed by atoms with Crippen molar-refractivity contribution in [1.29, 1.82) is 0 Å². The molecule has 5 aromatic rings. The number of oxazole rings is 1. The van der Waals surface area contributed by atoms with Crippen LogP contribution >= 0.6 is 0 Å². The second-order valence-corrected chi connectivity index (χ2v) is 33.4. The van der Waals surface area contributed by atoms with Crippen molar-refractivity contribution in [3.63, 3.8) is 0 Å². The molecule has 0 unspecified atom stereocenters. The summed E-state index contributed by atoms with van der Waals surface area (Å²) in [7, 11) is 3.06. The van der Waals surface area contributed by atoms with Crippen LogP contribution < -0.4 is 22.5 Å². The summed E-state index contributed by atoms with van der Waals surface area (Å²) in [5.74, 6) is -8.95. The Kier molecular flexibility index (Phi) is 39.5. The van der Waals surface area contributed by atoms with Crippen LogP contribution in [0.3, 0.4) is 0 Å². The zero-order valence-electron chi connectivity index (χ0n) is 74.1. The van der Waals surface area contributed by atoms with Crippen molar-refractivity contribution < 1.29 is 115 Å². The van der Waals surface area contributed by atoms with Crippen LogP contribution in [0.5, 0.6) is 0 Å². The predicted octanol–water partition coefficient (Wildman–Crippen LogP) is 7.22. The second-order valence-electron chi connectivity index (χ2n) is 33.4. The van der Waals surface area contributed by atoms with Gasteiger partial charge in [0.15, 0.2) is 17.0 Å². The van der Waals surface area contributed by atoms with Crippen molar-refractivity contribution in [2.45, 2.75) is 205 Å². The molecule has 7 heterocycles. The number of carbonyl (C=O) groups excluding carboxylic acids is 7. The van der Waals surface area contributed by atoms with E-state index in [1.807, 2.05) is 65.9 Å². The number of cyclic esters (lactones) is 1. The lowest BCUT2D eigenvalue weighted by Crippen LogP contribution is -2.61. The lowest BCUT2D eigenvalue weighted by Gasteiger charge is -2.42. The fraction of sp³-hybridized carbons (Fsp3) is 0.637. The largest absolute Gasteiger partial charge is 0.459 e. The second kappa shape index (κ2) is 50.2. The third kappa shape index (κ3) is 28.8. The van der Waals surface area contributed by atoms with Gasteiger partial charge in [0.2, 0.25) is 11.7 Å². The van der Waals surface area contributed by atoms with Gasteiger partial charge in [0.1, 0.15) is 59.6 Å². The normalized spacial score (nSPS) is 26.4. The number of alkyl carbamates (subject to hydrolysis) is 1. The first-order valence-corrected chi connectivity index (χ1v) is 44.2. The van der Waals surface area contributed by atoms with E-state index in [1.54, 1.807) is 33.9 Å². The molecule has 1 aliphatic carbocycles. The predicted molar refractivity (Wildman–Crippen MR) is 464 cm³/mol. The number of hydrogen-bond donors (Lipinski definition) is 7. The number of piperidine rings is 1. The number of nitrogen functional groups attached to an aromatic ring is 2. The van der Waals surface area contributed by atoms with Crippen molar-refractivity contribution in [3.8, 4) is 11.3 Å². The van der Waals surface area contributed by atoms with Crippen LogP contribution in [0.4, 0.5) is 16.6 Å². The van der Waals surface area contributed by atoms with Crippen LogP contribution in [0.1, 0.15) is 142 Å². The van der Waals surface area contributed by atoms with Gasteiger partial charge in [-0.2, -0.15) is 10.1 Å². The van der Waals surface area contributed by atoms with Gasteiger partial charge in [0, 0.05) is 82.6 Å². The first-order valence-electron chi connectivity index (χ1n) is 44.2. The van der Waals surface area contributed by atoms with E-state index in [1.165, 1.54) is 32.0 Å². The van der Waals surface area contributed by atoms with Gasteiger partial charge < -0.3 is 114 Å². The van der Waals surface area contributed by atoms with E-state index in [2.05, 4.69) is 38.5 Å². The number of carbonyl (C=O) groups is 7. The van der Waals surface area contributed by atoms with E-state index in [9.17, 15) is 48.9 Å². The van der Waals surface area contributed by atoms with E-state index < -0.39 is 120 Å². The van der Waals surface area contributed by atoms with Crippen LogP contribution in [-0.2, 0) is 110 Å². The Labute approximate surface area is 736 Å². The Hall–Kier alpha value is -8.89. The molecule has 35 nitrogen and oxygen atoms in total. The number of rotatable bonds is 36. The fourth-order valence-electron chi connectivity index (χ4n) is 16.7. The van der Waals surface area contributed by atoms with Gasteiger partial charge in [-0.15, -0.1) is 0 Å². The maximum absolute atomic E-state index is 14.7. The smallest absolute Gasteiger partial charge is 0.407 e. The Bertz CT molecular complexity index is 4500. The Morgan fingerprint density at radius 1 is 0.706 bits per heavy atom. The van der Waals surface area contributed by atoms with E-state index in [0.717, 1.165) is 33.6 Å². The number of aliphatic hydroxyl groups excluding tert-OH is 2. The number of nitrogens with zero attached hydrogens (tertiary/aromatic N) is 7. The topological polar surface area (TPSA) is 466 Å². The summed E-state index contributed by atoms with van der Waals surface area (Å²) < 4.78 is 82.3. The summed E-state index contributed by atoms with van der Waals surface area (Å²) in [4.78, 5) is 114. The number of aliphatic hydroxyl groups is 3. The average Bonchev–Trinajstić information content (AvgIpc) is 1.46. The number of hydrogen-bond acceptors (Lipinski definition) is 31. The van der Waals surface area contributed by atoms with E-state index in [0.29, 0.717) is 197 Å². The zero-order chi connectivity index (χ0) is 90.2. The molecule has 694 valence electrons. The van der Waals surface area contributed by atoms with Gasteiger partial charge in [-0.05, 0) is 142 Å². The van der Waals surface area contributed by atoms with E-state index in [4.69, 9.17) is 88.3 Å². The molecule has 4 aliphatic heterocycles. The SMILES string of the molecule is CO[C@H]1C[C@@H]2CC[C@@H](C)[C@@](O)(O2)C(=O)C(=O)N2CCCC[C@H]2C(=O)O[C@H]([C@H](N)C[C@@H]2CC[C@@H](OC(=O)NCCOCCOCCOCCOCCOCCOCCOCCOCCC(=O)N3CCc4cc(Cn5nc(-c6ccc7oc(N)nc7c6)c6c(N)ncnc65)ccc4C3)[C@H](OC)C2)CC(=O)[C@H](C)/C=C(\C)[C@@H](O)[C@@H](O)C(=O)[C@H](C)C[C@H](C)/C=C/C=CC=C1C. The first kappa shape index (κ1) is 99.3. The highest BCUT2D eigenvalue weighted by molar-refractivity contribution is 6.39. The number of aromatic nitrogens is 5. The lowest BCUT2D eigenvalue weighted by molar-refractivity contribution is -0.265. The van der Waals surface area contributed by atoms with Crippen LogP contribution in [0, 0.1) is 29.6 Å². The monoisotopic (exact) mass is 1760 g/mol. The molecule has 0 spiro atoms. The molecular weight excluding hydrogens is 1630 g/mol. The number of anilines is 2. The molecule has 3 fully saturated rings. The molecule has 2 aromatic carbocycles. The molecular formula is C91H131N11O24. The van der Waals surface area contributed by atoms with Crippen LogP contribution in [0.25, 0.3) is 33.4 Å². The summed E-state index contributed by atoms with van der Waals surface area (Å²) >= 11 is 0. The van der Waals surface area contributed by atoms with Gasteiger partial charge in [-0.25, -0.2) is 24.2 Å². The van der Waals surface area contributed by atoms with Crippen molar-refractivity contribution >= 4 is 75.2 Å². The molecule has 1 saturated carbocycles. The Morgan fingerprint density at radius 3 is 2.06 bits per heavy atom. The third-order valence-corrected chi connectivity index (χ3v) is 24.0. The lowest BCUT2D eigenvalue weighted by atomic mass is 9.80. The maximum Gasteiger partial charge on any atom is 0.407 e. The molecule has 10 N–H and O–H groups in total. The van der Waals surface area contributed by atoms with Gasteiger partial charge >= 0.3 is 12.1 Å². The molecule has 35 heteroatoms. The number of ether oxygens (including phenoxy) is 13. The summed E-state index contributed by atoms with van der Waals surface area (Å²) in [5.41, 5.74) is 26.7. The molecule has 3 aromatic heterocycles. The zero-order valence-corrected chi connectivity index (χ0v) is 74.1. The van der Waals surface area contributed by atoms with Crippen LogP contribution in [-0.4, -0.2) is 291 Å². The molecule has 10 rings (SSSR count). The fourth-order valence-corrected chi connectivity index (χ4v) is 16.7. The minimum atomic E-state index is -2.51. The standard InChI is InChI=1S/C91H131N11O24/c1-57-14-10-9-11-15-58(2)75(113-7)52-68-22-17-62(6)91(112,126-68)84(108)87(109)101-28-13-12-16-71(101)88(110)123-76(53-72(103)59(3)47-61(5)82(106)83(107)81(105)60(4)46-57)69(92)49-63-19-23-74(77(50-63)114-8)125-90(111)95-27-31-116-33-35-118-37-39-120-41-43-122-45-44-121-42-40-119-38-36-117-34-32-115-30-26-78(104)100-29-25-65-48-64(18-20-67(65)55-100)54-102-86-79(85(93)96-56-97-86)80(99-102)66-21-24-73-70(51-66)98-89(94)124-73/h9-11,14-15,18,20-21,24,47-48,51,56-57,59-60,62-63,68-69,71,74-77,82-83,106-107,112H,12-13,16-17,19,22-23,25-46,49-50,52-55,92H2,1-8H3,(H2,94,98)(H,95,111)(H2,93,96,97)/b11-9?,14-10+,58-15?,61-47+/t57-,59-,60-,62-,63+,68+,69-,71+,74-,75+,76+,77-,82-,83+,91-/m1/s1. The molecule has 2 bridgehead atoms. The number of ketones is 3. The summed E-state index contributed by atoms with van der Waals surface area (Å²) in [6.07, 6.45) is 9.20. The molecule has 0 radical (unpaired) electrons. The summed E-state index contributed by atoms with van der Waals surface area (Å²) in [6, 6.07) is 9.66. The summed E-state index contributed by atoms with van der Waals surface area (Å²) in [5, 5.41) is 42.9. The van der Waals surface area contributed by atoms with Crippen LogP contribution in [0.15, 0.2) is 94.7 Å². The molecule has 2 saturated heterocycles. The first-order chi connectivity index (χ1) is 60.7. The number of allylic oxidation sites excluding steroid dienone is 6. The average molecular weight is 1760 g/mol. The molecule has 126 heavy (non-hydrogen) atoms. The number of amides is 3. The number of nitrogens with one attached hydrogen (secondary N) is 1. The van der Waals surface area contributed by atoms with Gasteiger partial charge in [-0.3, -0.25) is 24.0 Å². The minimum absolute atomic E-state index is 0.00250.